The summed E-state index contributed by atoms with van der Waals surface area (Å²) in [5, 5.41) is 10.3. The summed E-state index contributed by atoms with van der Waals surface area (Å²) in [6.07, 6.45) is -0.668. The van der Waals surface area contributed by atoms with Gasteiger partial charge in [0.25, 0.3) is 0 Å². The molecule has 18 heavy (non-hydrogen) atoms. The summed E-state index contributed by atoms with van der Waals surface area (Å²) >= 11 is 5.80. The molecule has 0 aromatic heterocycles. The Balaban J connectivity index is 2.16. The summed E-state index contributed by atoms with van der Waals surface area (Å²) in [4.78, 5) is 0. The van der Waals surface area contributed by atoms with E-state index >= 15 is 0 Å². The standard InChI is InChI=1S/C14H14ClNO2/c15-11-4-6-12(7-5-11)18-13-3-1-2-10(8-13)14(17)9-16/h1-8,14,17H,9,16H2. The maximum Gasteiger partial charge on any atom is 0.127 e. The van der Waals surface area contributed by atoms with E-state index in [1.807, 2.05) is 18.2 Å². The van der Waals surface area contributed by atoms with Crippen molar-refractivity contribution < 1.29 is 9.84 Å². The van der Waals surface area contributed by atoms with Crippen LogP contribution in [0.4, 0.5) is 0 Å². The lowest BCUT2D eigenvalue weighted by atomic mass is 10.1. The van der Waals surface area contributed by atoms with Crippen molar-refractivity contribution in [3.63, 3.8) is 0 Å². The zero-order chi connectivity index (χ0) is 13.0. The van der Waals surface area contributed by atoms with E-state index in [-0.39, 0.29) is 6.54 Å². The molecular formula is C14H14ClNO2. The SMILES string of the molecule is NCC(O)c1cccc(Oc2ccc(Cl)cc2)c1. The fraction of sp³-hybridized carbons (Fsp3) is 0.143. The number of aliphatic hydroxyl groups is 1. The van der Waals surface area contributed by atoms with Crippen molar-refractivity contribution in [1.29, 1.82) is 0 Å². The lowest BCUT2D eigenvalue weighted by Gasteiger charge is -2.11. The number of nitrogens with two attached hydrogens (primary N) is 1. The van der Waals surface area contributed by atoms with E-state index < -0.39 is 6.10 Å². The van der Waals surface area contributed by atoms with Gasteiger partial charge in [-0.1, -0.05) is 23.7 Å². The number of hydrogen-bond acceptors (Lipinski definition) is 3. The lowest BCUT2D eigenvalue weighted by Crippen LogP contribution is -2.11. The van der Waals surface area contributed by atoms with E-state index in [4.69, 9.17) is 22.1 Å². The molecule has 0 saturated heterocycles. The van der Waals surface area contributed by atoms with Crippen LogP contribution < -0.4 is 10.5 Å². The first-order valence-corrected chi connectivity index (χ1v) is 5.98. The third kappa shape index (κ3) is 3.23. The Morgan fingerprint density at radius 3 is 2.50 bits per heavy atom. The molecule has 0 bridgehead atoms. The van der Waals surface area contributed by atoms with Crippen LogP contribution in [-0.2, 0) is 0 Å². The van der Waals surface area contributed by atoms with E-state index in [1.54, 1.807) is 30.3 Å². The first-order chi connectivity index (χ1) is 8.69. The molecule has 0 aliphatic carbocycles. The summed E-state index contributed by atoms with van der Waals surface area (Å²) in [5.74, 6) is 1.35. The second kappa shape index (κ2) is 5.87. The first-order valence-electron chi connectivity index (χ1n) is 5.60. The predicted molar refractivity (Wildman–Crippen MR) is 72.0 cm³/mol. The third-order valence-electron chi connectivity index (χ3n) is 2.52. The first kappa shape index (κ1) is 12.9. The minimum Gasteiger partial charge on any atom is -0.457 e. The van der Waals surface area contributed by atoms with Crippen LogP contribution in [0.15, 0.2) is 48.5 Å². The zero-order valence-electron chi connectivity index (χ0n) is 9.71. The normalized spacial score (nSPS) is 12.2. The molecular weight excluding hydrogens is 250 g/mol. The van der Waals surface area contributed by atoms with Crippen LogP contribution in [0.3, 0.4) is 0 Å². The Morgan fingerprint density at radius 1 is 1.11 bits per heavy atom. The van der Waals surface area contributed by atoms with Crippen molar-refractivity contribution >= 4 is 11.6 Å². The topological polar surface area (TPSA) is 55.5 Å². The van der Waals surface area contributed by atoms with Crippen molar-refractivity contribution in [2.24, 2.45) is 5.73 Å². The molecule has 0 amide bonds. The molecule has 0 fully saturated rings. The number of rotatable bonds is 4. The highest BCUT2D eigenvalue weighted by Crippen LogP contribution is 2.25. The number of ether oxygens (including phenoxy) is 1. The maximum absolute atomic E-state index is 9.66. The van der Waals surface area contributed by atoms with Crippen molar-refractivity contribution in [3.05, 3.63) is 59.1 Å². The molecule has 2 rings (SSSR count). The van der Waals surface area contributed by atoms with Gasteiger partial charge in [0.15, 0.2) is 0 Å². The Bertz CT molecular complexity index is 513. The van der Waals surface area contributed by atoms with Gasteiger partial charge in [-0.05, 0) is 42.0 Å². The van der Waals surface area contributed by atoms with Gasteiger partial charge >= 0.3 is 0 Å². The molecule has 0 aliphatic rings. The Labute approximate surface area is 111 Å². The number of halogens is 1. The Hall–Kier alpha value is -1.55. The van der Waals surface area contributed by atoms with E-state index in [0.29, 0.717) is 16.5 Å². The van der Waals surface area contributed by atoms with Gasteiger partial charge in [-0.3, -0.25) is 0 Å². The van der Waals surface area contributed by atoms with Crippen LogP contribution in [-0.4, -0.2) is 11.7 Å². The minimum atomic E-state index is -0.668. The van der Waals surface area contributed by atoms with Crippen LogP contribution in [0.2, 0.25) is 5.02 Å². The molecule has 0 spiro atoms. The summed E-state index contributed by atoms with van der Waals surface area (Å²) in [6, 6.07) is 14.3. The molecule has 0 radical (unpaired) electrons. The molecule has 0 saturated carbocycles. The van der Waals surface area contributed by atoms with Gasteiger partial charge < -0.3 is 15.6 Å². The molecule has 1 unspecified atom stereocenters. The zero-order valence-corrected chi connectivity index (χ0v) is 10.5. The van der Waals surface area contributed by atoms with Crippen LogP contribution in [0.1, 0.15) is 11.7 Å². The van der Waals surface area contributed by atoms with E-state index in [0.717, 1.165) is 5.56 Å². The van der Waals surface area contributed by atoms with Gasteiger partial charge in [-0.15, -0.1) is 0 Å². The van der Waals surface area contributed by atoms with Crippen LogP contribution in [0.5, 0.6) is 11.5 Å². The summed E-state index contributed by atoms with van der Waals surface area (Å²) in [6.45, 7) is 0.185. The second-order valence-electron chi connectivity index (χ2n) is 3.88. The Kier molecular flexibility index (Phi) is 4.20. The third-order valence-corrected chi connectivity index (χ3v) is 2.77. The molecule has 94 valence electrons. The highest BCUT2D eigenvalue weighted by Gasteiger charge is 2.06. The van der Waals surface area contributed by atoms with E-state index in [1.165, 1.54) is 0 Å². The van der Waals surface area contributed by atoms with Gasteiger partial charge in [0.2, 0.25) is 0 Å². The summed E-state index contributed by atoms with van der Waals surface area (Å²) < 4.78 is 5.66. The highest BCUT2D eigenvalue weighted by atomic mass is 35.5. The molecule has 3 nitrogen and oxygen atoms in total. The smallest absolute Gasteiger partial charge is 0.127 e. The summed E-state index contributed by atoms with van der Waals surface area (Å²) in [7, 11) is 0. The molecule has 3 N–H and O–H groups in total. The molecule has 4 heteroatoms. The fourth-order valence-electron chi connectivity index (χ4n) is 1.56. The molecule has 0 heterocycles. The fourth-order valence-corrected chi connectivity index (χ4v) is 1.69. The molecule has 0 aliphatic heterocycles. The molecule has 1 atom stereocenters. The predicted octanol–water partition coefficient (Wildman–Crippen LogP) is 3.12. The number of aliphatic hydroxyl groups excluding tert-OH is 1. The van der Waals surface area contributed by atoms with Gasteiger partial charge in [0.1, 0.15) is 11.5 Å². The van der Waals surface area contributed by atoms with Crippen LogP contribution in [0, 0.1) is 0 Å². The van der Waals surface area contributed by atoms with E-state index in [2.05, 4.69) is 0 Å². The van der Waals surface area contributed by atoms with Crippen LogP contribution >= 0.6 is 11.6 Å². The van der Waals surface area contributed by atoms with Gasteiger partial charge in [-0.2, -0.15) is 0 Å². The van der Waals surface area contributed by atoms with Gasteiger partial charge in [0.05, 0.1) is 6.10 Å². The lowest BCUT2D eigenvalue weighted by molar-refractivity contribution is 0.186. The second-order valence-corrected chi connectivity index (χ2v) is 4.32. The van der Waals surface area contributed by atoms with Crippen molar-refractivity contribution in [2.45, 2.75) is 6.10 Å². The van der Waals surface area contributed by atoms with Gasteiger partial charge in [-0.25, -0.2) is 0 Å². The van der Waals surface area contributed by atoms with Crippen molar-refractivity contribution in [2.75, 3.05) is 6.54 Å². The average molecular weight is 264 g/mol. The maximum atomic E-state index is 9.66. The Morgan fingerprint density at radius 2 is 1.83 bits per heavy atom. The summed E-state index contributed by atoms with van der Waals surface area (Å²) in [5.41, 5.74) is 6.16. The highest BCUT2D eigenvalue weighted by molar-refractivity contribution is 6.30. The largest absolute Gasteiger partial charge is 0.457 e. The average Bonchev–Trinajstić information content (AvgIpc) is 2.41. The van der Waals surface area contributed by atoms with Crippen molar-refractivity contribution in [3.8, 4) is 11.5 Å². The van der Waals surface area contributed by atoms with Crippen molar-refractivity contribution in [1.82, 2.24) is 0 Å². The molecule has 2 aromatic carbocycles. The minimum absolute atomic E-state index is 0.185. The van der Waals surface area contributed by atoms with Gasteiger partial charge in [0, 0.05) is 11.6 Å². The van der Waals surface area contributed by atoms with Crippen LogP contribution in [0.25, 0.3) is 0 Å². The number of benzene rings is 2. The van der Waals surface area contributed by atoms with E-state index in [9.17, 15) is 5.11 Å². The molecule has 2 aromatic rings. The monoisotopic (exact) mass is 263 g/mol. The number of hydrogen-bond donors (Lipinski definition) is 2. The quantitative estimate of drug-likeness (QED) is 0.891.